The zero-order chi connectivity index (χ0) is 17.0. The predicted molar refractivity (Wildman–Crippen MR) is 84.2 cm³/mol. The van der Waals surface area contributed by atoms with Crippen LogP contribution in [-0.4, -0.2) is 16.7 Å². The van der Waals surface area contributed by atoms with Gasteiger partial charge in [0.05, 0.1) is 4.92 Å². The van der Waals surface area contributed by atoms with Gasteiger partial charge in [-0.3, -0.25) is 19.7 Å². The summed E-state index contributed by atoms with van der Waals surface area (Å²) in [6.45, 7) is 0.203. The van der Waals surface area contributed by atoms with Crippen molar-refractivity contribution in [3.05, 3.63) is 74.3 Å². The average Bonchev–Trinajstić information content (AvgIpc) is 2.53. The highest BCUT2D eigenvalue weighted by molar-refractivity contribution is 6.32. The van der Waals surface area contributed by atoms with Gasteiger partial charge in [-0.05, 0) is 29.8 Å². The van der Waals surface area contributed by atoms with Gasteiger partial charge in [-0.15, -0.1) is 0 Å². The quantitative estimate of drug-likeness (QED) is 0.645. The molecule has 0 saturated heterocycles. The molecule has 0 radical (unpaired) electrons. The van der Waals surface area contributed by atoms with Crippen molar-refractivity contribution in [1.29, 1.82) is 0 Å². The van der Waals surface area contributed by atoms with Gasteiger partial charge in [0.25, 0.3) is 11.6 Å². The van der Waals surface area contributed by atoms with Crippen LogP contribution < -0.4 is 11.1 Å². The molecule has 23 heavy (non-hydrogen) atoms. The van der Waals surface area contributed by atoms with E-state index in [0.29, 0.717) is 5.56 Å². The molecule has 7 nitrogen and oxygen atoms in total. The Morgan fingerprint density at radius 3 is 2.30 bits per heavy atom. The Bertz CT molecular complexity index is 775. The van der Waals surface area contributed by atoms with Crippen LogP contribution in [0.2, 0.25) is 5.02 Å². The van der Waals surface area contributed by atoms with E-state index in [9.17, 15) is 19.7 Å². The minimum Gasteiger partial charge on any atom is -0.366 e. The summed E-state index contributed by atoms with van der Waals surface area (Å²) in [5.74, 6) is -1.00. The van der Waals surface area contributed by atoms with E-state index < -0.39 is 16.7 Å². The molecule has 2 rings (SSSR count). The molecule has 0 fully saturated rings. The summed E-state index contributed by atoms with van der Waals surface area (Å²) < 4.78 is 0. The Hall–Kier alpha value is -2.93. The molecular formula is C15H12ClN3O4. The largest absolute Gasteiger partial charge is 0.366 e. The maximum Gasteiger partial charge on any atom is 0.288 e. The Labute approximate surface area is 136 Å². The van der Waals surface area contributed by atoms with Crippen molar-refractivity contribution in [2.45, 2.75) is 6.54 Å². The number of primary amides is 1. The average molecular weight is 334 g/mol. The molecule has 0 saturated carbocycles. The van der Waals surface area contributed by atoms with Gasteiger partial charge in [-0.25, -0.2) is 0 Å². The zero-order valence-electron chi connectivity index (χ0n) is 11.8. The molecular weight excluding hydrogens is 322 g/mol. The van der Waals surface area contributed by atoms with Crippen LogP contribution in [0.4, 0.5) is 5.69 Å². The molecule has 0 aliphatic heterocycles. The number of nitrogens with one attached hydrogen (secondary N) is 1. The van der Waals surface area contributed by atoms with Crippen molar-refractivity contribution in [2.24, 2.45) is 5.73 Å². The van der Waals surface area contributed by atoms with Crippen molar-refractivity contribution in [3.8, 4) is 0 Å². The van der Waals surface area contributed by atoms with E-state index in [1.54, 1.807) is 24.3 Å². The van der Waals surface area contributed by atoms with E-state index in [1.165, 1.54) is 12.1 Å². The van der Waals surface area contributed by atoms with Crippen LogP contribution in [0, 0.1) is 10.1 Å². The van der Waals surface area contributed by atoms with Crippen molar-refractivity contribution in [2.75, 3.05) is 0 Å². The number of benzene rings is 2. The molecule has 2 aromatic rings. The van der Waals surface area contributed by atoms with Crippen molar-refractivity contribution in [1.82, 2.24) is 5.32 Å². The monoisotopic (exact) mass is 333 g/mol. The molecule has 8 heteroatoms. The minimum atomic E-state index is -0.651. The van der Waals surface area contributed by atoms with E-state index in [-0.39, 0.29) is 22.8 Å². The first-order valence-electron chi connectivity index (χ1n) is 6.49. The summed E-state index contributed by atoms with van der Waals surface area (Å²) in [7, 11) is 0. The number of nitro groups is 1. The van der Waals surface area contributed by atoms with Gasteiger partial charge < -0.3 is 11.1 Å². The summed E-state index contributed by atoms with van der Waals surface area (Å²) in [5, 5.41) is 13.4. The Kier molecular flexibility index (Phi) is 4.92. The van der Waals surface area contributed by atoms with E-state index in [4.69, 9.17) is 17.3 Å². The molecule has 0 unspecified atom stereocenters. The second-order valence-corrected chi connectivity index (χ2v) is 5.07. The fourth-order valence-electron chi connectivity index (χ4n) is 1.87. The van der Waals surface area contributed by atoms with E-state index in [0.717, 1.165) is 11.6 Å². The molecule has 3 N–H and O–H groups in total. The number of hydrogen-bond donors (Lipinski definition) is 2. The van der Waals surface area contributed by atoms with Crippen LogP contribution in [0.5, 0.6) is 0 Å². The minimum absolute atomic E-state index is 0.0337. The molecule has 0 atom stereocenters. The number of halogens is 1. The molecule has 0 spiro atoms. The second kappa shape index (κ2) is 6.89. The number of carbonyl (C=O) groups is 2. The van der Waals surface area contributed by atoms with Crippen LogP contribution in [0.25, 0.3) is 0 Å². The van der Waals surface area contributed by atoms with Crippen LogP contribution in [-0.2, 0) is 6.54 Å². The summed E-state index contributed by atoms with van der Waals surface area (Å²) in [4.78, 5) is 33.2. The lowest BCUT2D eigenvalue weighted by Gasteiger charge is -2.06. The SMILES string of the molecule is NC(=O)c1ccc(CNC(=O)c2ccc(Cl)c([N+](=O)[O-])c2)cc1. The Morgan fingerprint density at radius 1 is 1.13 bits per heavy atom. The van der Waals surface area contributed by atoms with Gasteiger partial charge in [0.1, 0.15) is 5.02 Å². The normalized spacial score (nSPS) is 10.1. The molecule has 0 bridgehead atoms. The lowest BCUT2D eigenvalue weighted by Crippen LogP contribution is -2.23. The van der Waals surface area contributed by atoms with Gasteiger partial charge in [0.2, 0.25) is 5.91 Å². The summed E-state index contributed by atoms with van der Waals surface area (Å²) >= 11 is 5.70. The second-order valence-electron chi connectivity index (χ2n) is 4.67. The van der Waals surface area contributed by atoms with Gasteiger partial charge in [-0.1, -0.05) is 23.7 Å². The molecule has 2 amide bonds. The molecule has 0 heterocycles. The maximum absolute atomic E-state index is 12.0. The number of rotatable bonds is 5. The number of nitrogens with two attached hydrogens (primary N) is 1. The lowest BCUT2D eigenvalue weighted by molar-refractivity contribution is -0.384. The topological polar surface area (TPSA) is 115 Å². The van der Waals surface area contributed by atoms with E-state index in [1.807, 2.05) is 0 Å². The zero-order valence-corrected chi connectivity index (χ0v) is 12.5. The Balaban J connectivity index is 2.06. The first-order chi connectivity index (χ1) is 10.9. The number of amides is 2. The molecule has 118 valence electrons. The smallest absolute Gasteiger partial charge is 0.288 e. The number of hydrogen-bond acceptors (Lipinski definition) is 4. The third kappa shape index (κ3) is 4.04. The highest BCUT2D eigenvalue weighted by Gasteiger charge is 2.16. The van der Waals surface area contributed by atoms with Crippen LogP contribution in [0.3, 0.4) is 0 Å². The highest BCUT2D eigenvalue weighted by atomic mass is 35.5. The van der Waals surface area contributed by atoms with Crippen molar-refractivity contribution in [3.63, 3.8) is 0 Å². The fourth-order valence-corrected chi connectivity index (χ4v) is 2.05. The van der Waals surface area contributed by atoms with Gasteiger partial charge in [0, 0.05) is 23.7 Å². The van der Waals surface area contributed by atoms with Crippen LogP contribution in [0.1, 0.15) is 26.3 Å². The summed E-state index contributed by atoms with van der Waals surface area (Å²) in [6, 6.07) is 10.2. The third-order valence-electron chi connectivity index (χ3n) is 3.10. The van der Waals surface area contributed by atoms with Crippen LogP contribution >= 0.6 is 11.6 Å². The standard InChI is InChI=1S/C15H12ClN3O4/c16-12-6-5-11(7-13(12)19(22)23)15(21)18-8-9-1-3-10(4-2-9)14(17)20/h1-7H,8H2,(H2,17,20)(H,18,21). The van der Waals surface area contributed by atoms with E-state index >= 15 is 0 Å². The number of nitrogens with zero attached hydrogens (tertiary/aromatic N) is 1. The first kappa shape index (κ1) is 16.4. The van der Waals surface area contributed by atoms with Gasteiger partial charge in [0.15, 0.2) is 0 Å². The third-order valence-corrected chi connectivity index (χ3v) is 3.42. The predicted octanol–water partition coefficient (Wildman–Crippen LogP) is 2.28. The lowest BCUT2D eigenvalue weighted by atomic mass is 10.1. The summed E-state index contributed by atoms with van der Waals surface area (Å²) in [5.41, 5.74) is 6.07. The number of nitro benzene ring substituents is 1. The molecule has 0 aliphatic carbocycles. The molecule has 0 aliphatic rings. The summed E-state index contributed by atoms with van der Waals surface area (Å²) in [6.07, 6.45) is 0. The van der Waals surface area contributed by atoms with Gasteiger partial charge in [-0.2, -0.15) is 0 Å². The van der Waals surface area contributed by atoms with E-state index in [2.05, 4.69) is 5.32 Å². The van der Waals surface area contributed by atoms with Crippen LogP contribution in [0.15, 0.2) is 42.5 Å². The Morgan fingerprint density at radius 2 is 1.74 bits per heavy atom. The van der Waals surface area contributed by atoms with Crippen molar-refractivity contribution >= 4 is 29.1 Å². The van der Waals surface area contributed by atoms with Gasteiger partial charge >= 0.3 is 0 Å². The maximum atomic E-state index is 12.0. The fraction of sp³-hybridized carbons (Fsp3) is 0.0667. The van der Waals surface area contributed by atoms with Crippen molar-refractivity contribution < 1.29 is 14.5 Å². The molecule has 0 aromatic heterocycles. The highest BCUT2D eigenvalue weighted by Crippen LogP contribution is 2.25. The number of carbonyl (C=O) groups excluding carboxylic acids is 2. The molecule has 2 aromatic carbocycles. The first-order valence-corrected chi connectivity index (χ1v) is 6.87.